The average molecular weight is 266 g/mol. The minimum atomic E-state index is 0.589. The van der Waals surface area contributed by atoms with Crippen molar-refractivity contribution in [3.8, 4) is 6.07 Å². The lowest BCUT2D eigenvalue weighted by Gasteiger charge is -2.22. The monoisotopic (exact) mass is 266 g/mol. The second-order valence-electron chi connectivity index (χ2n) is 4.70. The molecular formula is C13H22N4S. The number of thiazole rings is 1. The third-order valence-electron chi connectivity index (χ3n) is 2.42. The molecule has 1 heterocycles. The van der Waals surface area contributed by atoms with Gasteiger partial charge in [0.2, 0.25) is 0 Å². The maximum absolute atomic E-state index is 8.69. The molecule has 1 aromatic heterocycles. The van der Waals surface area contributed by atoms with E-state index in [9.17, 15) is 0 Å². The second kappa shape index (κ2) is 8.06. The summed E-state index contributed by atoms with van der Waals surface area (Å²) in [4.78, 5) is 7.92. The highest BCUT2D eigenvalue weighted by Gasteiger charge is 2.10. The standard InChI is InChI=1S/C13H22N4S/c1-4-15-13-16-8-12(18-13)10-17(7-5-6-14)9-11(2)3/h8,11H,4-5,7,9-10H2,1-3H3,(H,15,16). The van der Waals surface area contributed by atoms with E-state index in [1.54, 1.807) is 11.3 Å². The smallest absolute Gasteiger partial charge is 0.182 e. The van der Waals surface area contributed by atoms with Crippen molar-refractivity contribution >= 4 is 16.5 Å². The predicted molar refractivity (Wildman–Crippen MR) is 76.6 cm³/mol. The molecule has 0 radical (unpaired) electrons. The minimum absolute atomic E-state index is 0.589. The summed E-state index contributed by atoms with van der Waals surface area (Å²) >= 11 is 1.70. The van der Waals surface area contributed by atoms with Gasteiger partial charge >= 0.3 is 0 Å². The fourth-order valence-corrected chi connectivity index (χ4v) is 2.72. The molecule has 0 aliphatic rings. The first-order valence-corrected chi connectivity index (χ1v) is 7.25. The van der Waals surface area contributed by atoms with E-state index in [-0.39, 0.29) is 0 Å². The van der Waals surface area contributed by atoms with Crippen molar-refractivity contribution < 1.29 is 0 Å². The Morgan fingerprint density at radius 2 is 2.33 bits per heavy atom. The van der Waals surface area contributed by atoms with E-state index in [1.165, 1.54) is 4.88 Å². The molecule has 18 heavy (non-hydrogen) atoms. The maximum atomic E-state index is 8.69. The van der Waals surface area contributed by atoms with Crippen LogP contribution in [0, 0.1) is 17.2 Å². The SMILES string of the molecule is CCNc1ncc(CN(CCC#N)CC(C)C)s1. The minimum Gasteiger partial charge on any atom is -0.362 e. The molecule has 0 amide bonds. The second-order valence-corrected chi connectivity index (χ2v) is 5.81. The summed E-state index contributed by atoms with van der Waals surface area (Å²) in [6.45, 7) is 10.1. The highest BCUT2D eigenvalue weighted by Crippen LogP contribution is 2.20. The first kappa shape index (κ1) is 14.9. The normalized spacial score (nSPS) is 10.9. The van der Waals surface area contributed by atoms with Crippen LogP contribution < -0.4 is 5.32 Å². The van der Waals surface area contributed by atoms with Crippen molar-refractivity contribution in [3.05, 3.63) is 11.1 Å². The molecule has 0 bridgehead atoms. The van der Waals surface area contributed by atoms with Gasteiger partial charge in [-0.1, -0.05) is 13.8 Å². The number of hydrogen-bond donors (Lipinski definition) is 1. The molecule has 0 aliphatic heterocycles. The summed E-state index contributed by atoms with van der Waals surface area (Å²) in [6.07, 6.45) is 2.52. The van der Waals surface area contributed by atoms with Crippen LogP contribution in [0.3, 0.4) is 0 Å². The van der Waals surface area contributed by atoms with Gasteiger partial charge < -0.3 is 5.32 Å². The van der Waals surface area contributed by atoms with Gasteiger partial charge in [-0.3, -0.25) is 4.90 Å². The Morgan fingerprint density at radius 3 is 2.94 bits per heavy atom. The Morgan fingerprint density at radius 1 is 1.56 bits per heavy atom. The van der Waals surface area contributed by atoms with E-state index in [0.29, 0.717) is 12.3 Å². The Bertz CT molecular complexity index is 381. The van der Waals surface area contributed by atoms with Gasteiger partial charge in [-0.15, -0.1) is 11.3 Å². The van der Waals surface area contributed by atoms with Crippen LogP contribution in [0.2, 0.25) is 0 Å². The molecule has 100 valence electrons. The van der Waals surface area contributed by atoms with E-state index >= 15 is 0 Å². The van der Waals surface area contributed by atoms with Crippen LogP contribution >= 0.6 is 11.3 Å². The van der Waals surface area contributed by atoms with Gasteiger partial charge in [-0.05, 0) is 12.8 Å². The summed E-state index contributed by atoms with van der Waals surface area (Å²) in [7, 11) is 0. The van der Waals surface area contributed by atoms with E-state index < -0.39 is 0 Å². The lowest BCUT2D eigenvalue weighted by molar-refractivity contribution is 0.243. The van der Waals surface area contributed by atoms with Crippen LogP contribution in [0.5, 0.6) is 0 Å². The highest BCUT2D eigenvalue weighted by molar-refractivity contribution is 7.15. The third-order valence-corrected chi connectivity index (χ3v) is 3.36. The van der Waals surface area contributed by atoms with Crippen LogP contribution in [-0.2, 0) is 6.54 Å². The van der Waals surface area contributed by atoms with Crippen LogP contribution in [0.25, 0.3) is 0 Å². The highest BCUT2D eigenvalue weighted by atomic mass is 32.1. The van der Waals surface area contributed by atoms with Crippen molar-refractivity contribution in [2.75, 3.05) is 25.0 Å². The fraction of sp³-hybridized carbons (Fsp3) is 0.692. The number of anilines is 1. The number of rotatable bonds is 8. The quantitative estimate of drug-likeness (QED) is 0.786. The molecule has 5 heteroatoms. The van der Waals surface area contributed by atoms with Gasteiger partial charge in [-0.25, -0.2) is 4.98 Å². The van der Waals surface area contributed by atoms with Gasteiger partial charge in [0.15, 0.2) is 5.13 Å². The van der Waals surface area contributed by atoms with E-state index in [4.69, 9.17) is 5.26 Å². The van der Waals surface area contributed by atoms with Crippen molar-refractivity contribution in [1.82, 2.24) is 9.88 Å². The lowest BCUT2D eigenvalue weighted by Crippen LogP contribution is -2.27. The fourth-order valence-electron chi connectivity index (χ4n) is 1.79. The molecule has 0 saturated heterocycles. The number of nitrogens with zero attached hydrogens (tertiary/aromatic N) is 3. The first-order valence-electron chi connectivity index (χ1n) is 6.43. The van der Waals surface area contributed by atoms with E-state index in [2.05, 4.69) is 42.0 Å². The summed E-state index contributed by atoms with van der Waals surface area (Å²) in [5.74, 6) is 0.616. The molecule has 0 aliphatic carbocycles. The molecule has 0 aromatic carbocycles. The van der Waals surface area contributed by atoms with Gasteiger partial charge in [0.1, 0.15) is 0 Å². The first-order chi connectivity index (χ1) is 8.65. The average Bonchev–Trinajstić information content (AvgIpc) is 2.73. The van der Waals surface area contributed by atoms with Crippen LogP contribution in [-0.4, -0.2) is 29.5 Å². The summed E-state index contributed by atoms with van der Waals surface area (Å²) in [5.41, 5.74) is 0. The molecule has 0 spiro atoms. The molecule has 4 nitrogen and oxygen atoms in total. The molecular weight excluding hydrogens is 244 g/mol. The molecule has 1 N–H and O–H groups in total. The zero-order valence-electron chi connectivity index (χ0n) is 11.4. The number of aromatic nitrogens is 1. The van der Waals surface area contributed by atoms with Crippen molar-refractivity contribution in [1.29, 1.82) is 5.26 Å². The van der Waals surface area contributed by atoms with Crippen molar-refractivity contribution in [3.63, 3.8) is 0 Å². The third kappa shape index (κ3) is 5.48. The van der Waals surface area contributed by atoms with Crippen LogP contribution in [0.4, 0.5) is 5.13 Å². The number of nitrogens with one attached hydrogen (secondary N) is 1. The molecule has 0 unspecified atom stereocenters. The van der Waals surface area contributed by atoms with Gasteiger partial charge in [0.05, 0.1) is 6.07 Å². The largest absolute Gasteiger partial charge is 0.362 e. The number of nitriles is 1. The van der Waals surface area contributed by atoms with Crippen molar-refractivity contribution in [2.45, 2.75) is 33.7 Å². The predicted octanol–water partition coefficient (Wildman–Crippen LogP) is 2.95. The zero-order chi connectivity index (χ0) is 13.4. The van der Waals surface area contributed by atoms with Gasteiger partial charge in [0, 0.05) is 43.7 Å². The van der Waals surface area contributed by atoms with Crippen LogP contribution in [0.15, 0.2) is 6.20 Å². The number of hydrogen-bond acceptors (Lipinski definition) is 5. The Kier molecular flexibility index (Phi) is 6.69. The Hall–Kier alpha value is -1.12. The summed E-state index contributed by atoms with van der Waals surface area (Å²) in [6, 6.07) is 2.22. The molecule has 0 fully saturated rings. The van der Waals surface area contributed by atoms with Gasteiger partial charge in [-0.2, -0.15) is 5.26 Å². The van der Waals surface area contributed by atoms with Crippen LogP contribution in [0.1, 0.15) is 32.1 Å². The lowest BCUT2D eigenvalue weighted by atomic mass is 10.2. The zero-order valence-corrected chi connectivity index (χ0v) is 12.3. The summed E-state index contributed by atoms with van der Waals surface area (Å²) in [5, 5.41) is 12.9. The Balaban J connectivity index is 2.54. The Labute approximate surface area is 114 Å². The van der Waals surface area contributed by atoms with Gasteiger partial charge in [0.25, 0.3) is 0 Å². The molecule has 1 aromatic rings. The summed E-state index contributed by atoms with van der Waals surface area (Å²) < 4.78 is 0. The van der Waals surface area contributed by atoms with E-state index in [1.807, 2.05) is 6.20 Å². The molecule has 1 rings (SSSR count). The maximum Gasteiger partial charge on any atom is 0.182 e. The molecule has 0 atom stereocenters. The van der Waals surface area contributed by atoms with E-state index in [0.717, 1.165) is 31.3 Å². The molecule has 0 saturated carbocycles. The van der Waals surface area contributed by atoms with Crippen molar-refractivity contribution in [2.24, 2.45) is 5.92 Å². The topological polar surface area (TPSA) is 52.0 Å².